The molecule has 1 aromatic carbocycles. The van der Waals surface area contributed by atoms with Crippen molar-refractivity contribution in [3.05, 3.63) is 29.3 Å². The number of aryl methyl sites for hydroxylation is 1. The van der Waals surface area contributed by atoms with Crippen LogP contribution in [0.3, 0.4) is 0 Å². The van der Waals surface area contributed by atoms with Crippen molar-refractivity contribution in [2.45, 2.75) is 32.7 Å². The highest BCUT2D eigenvalue weighted by Crippen LogP contribution is 2.26. The van der Waals surface area contributed by atoms with Gasteiger partial charge in [-0.2, -0.15) is 13.2 Å². The second kappa shape index (κ2) is 4.74. The van der Waals surface area contributed by atoms with E-state index >= 15 is 0 Å². The topological polar surface area (TPSA) is 35.2 Å². The van der Waals surface area contributed by atoms with E-state index in [1.807, 2.05) is 0 Å². The van der Waals surface area contributed by atoms with Crippen molar-refractivity contribution in [2.75, 3.05) is 0 Å². The first-order valence-electron chi connectivity index (χ1n) is 4.87. The molecule has 0 heterocycles. The van der Waals surface area contributed by atoms with Gasteiger partial charge in [-0.3, -0.25) is 0 Å². The van der Waals surface area contributed by atoms with E-state index in [-0.39, 0.29) is 5.75 Å². The Morgan fingerprint density at radius 2 is 2.00 bits per heavy atom. The monoisotopic (exact) mass is 233 g/mol. The molecule has 1 unspecified atom stereocenters. The average molecular weight is 233 g/mol. The molecule has 0 radical (unpaired) electrons. The van der Waals surface area contributed by atoms with Crippen molar-refractivity contribution in [3.63, 3.8) is 0 Å². The standard InChI is InChI=1S/C11H14F3NO/c1-7-5-10(4-3-9(7)6-15)16-8(2)11(12,13)14/h3-5,8H,6,15H2,1-2H3. The Balaban J connectivity index is 2.79. The lowest BCUT2D eigenvalue weighted by Crippen LogP contribution is -2.31. The van der Waals surface area contributed by atoms with Gasteiger partial charge in [0.25, 0.3) is 0 Å². The summed E-state index contributed by atoms with van der Waals surface area (Å²) in [5.41, 5.74) is 7.17. The fourth-order valence-corrected chi connectivity index (χ4v) is 1.24. The number of benzene rings is 1. The predicted octanol–water partition coefficient (Wildman–Crippen LogP) is 2.78. The third kappa shape index (κ3) is 3.13. The Labute approximate surface area is 92.2 Å². The fourth-order valence-electron chi connectivity index (χ4n) is 1.24. The van der Waals surface area contributed by atoms with Crippen LogP contribution in [0.2, 0.25) is 0 Å². The molecule has 1 atom stereocenters. The minimum absolute atomic E-state index is 0.208. The Bertz CT molecular complexity index is 363. The highest BCUT2D eigenvalue weighted by Gasteiger charge is 2.38. The molecule has 16 heavy (non-hydrogen) atoms. The zero-order chi connectivity index (χ0) is 12.3. The fraction of sp³-hybridized carbons (Fsp3) is 0.455. The molecule has 0 aliphatic rings. The summed E-state index contributed by atoms with van der Waals surface area (Å²) in [6, 6.07) is 4.73. The maximum Gasteiger partial charge on any atom is 0.425 e. The molecule has 0 saturated heterocycles. The summed E-state index contributed by atoms with van der Waals surface area (Å²) in [5.74, 6) is 0.208. The predicted molar refractivity (Wildman–Crippen MR) is 55.2 cm³/mol. The molecule has 0 saturated carbocycles. The van der Waals surface area contributed by atoms with Gasteiger partial charge in [-0.1, -0.05) is 6.07 Å². The van der Waals surface area contributed by atoms with E-state index in [1.165, 1.54) is 6.07 Å². The van der Waals surface area contributed by atoms with Gasteiger partial charge in [0, 0.05) is 6.54 Å². The zero-order valence-electron chi connectivity index (χ0n) is 9.14. The molecule has 5 heteroatoms. The molecule has 2 nitrogen and oxygen atoms in total. The number of rotatable bonds is 3. The van der Waals surface area contributed by atoms with Gasteiger partial charge in [0.05, 0.1) is 0 Å². The van der Waals surface area contributed by atoms with Crippen LogP contribution >= 0.6 is 0 Å². The van der Waals surface area contributed by atoms with E-state index < -0.39 is 12.3 Å². The van der Waals surface area contributed by atoms with Crippen LogP contribution in [0.5, 0.6) is 5.75 Å². The largest absolute Gasteiger partial charge is 0.481 e. The van der Waals surface area contributed by atoms with Gasteiger partial charge in [0.15, 0.2) is 6.10 Å². The molecule has 90 valence electrons. The molecule has 0 aromatic heterocycles. The number of ether oxygens (including phenoxy) is 1. The molecule has 1 rings (SSSR count). The minimum atomic E-state index is -4.35. The van der Waals surface area contributed by atoms with Crippen molar-refractivity contribution < 1.29 is 17.9 Å². The van der Waals surface area contributed by atoms with Gasteiger partial charge in [-0.25, -0.2) is 0 Å². The maximum atomic E-state index is 12.2. The molecular weight excluding hydrogens is 219 g/mol. The second-order valence-corrected chi connectivity index (χ2v) is 3.59. The summed E-state index contributed by atoms with van der Waals surface area (Å²) < 4.78 is 41.5. The first-order chi connectivity index (χ1) is 7.34. The molecular formula is C11H14F3NO. The third-order valence-electron chi connectivity index (χ3n) is 2.31. The molecule has 0 bridgehead atoms. The molecule has 1 aromatic rings. The Morgan fingerprint density at radius 1 is 1.38 bits per heavy atom. The third-order valence-corrected chi connectivity index (χ3v) is 2.31. The van der Waals surface area contributed by atoms with Crippen LogP contribution in [-0.2, 0) is 6.54 Å². The molecule has 0 amide bonds. The summed E-state index contributed by atoms with van der Waals surface area (Å²) in [5, 5.41) is 0. The summed E-state index contributed by atoms with van der Waals surface area (Å²) >= 11 is 0. The highest BCUT2D eigenvalue weighted by atomic mass is 19.4. The highest BCUT2D eigenvalue weighted by molar-refractivity contribution is 5.34. The lowest BCUT2D eigenvalue weighted by atomic mass is 10.1. The first kappa shape index (κ1) is 12.8. The quantitative estimate of drug-likeness (QED) is 0.871. The van der Waals surface area contributed by atoms with Gasteiger partial charge in [-0.05, 0) is 37.1 Å². The van der Waals surface area contributed by atoms with Crippen molar-refractivity contribution in [2.24, 2.45) is 5.73 Å². The number of halogens is 3. The van der Waals surface area contributed by atoms with E-state index in [1.54, 1.807) is 19.1 Å². The smallest absolute Gasteiger partial charge is 0.425 e. The molecule has 0 spiro atoms. The summed E-state index contributed by atoms with van der Waals surface area (Å²) in [6.07, 6.45) is -6.16. The van der Waals surface area contributed by atoms with Crippen molar-refractivity contribution in [1.29, 1.82) is 0 Å². The van der Waals surface area contributed by atoms with Gasteiger partial charge in [0.2, 0.25) is 0 Å². The molecule has 0 aliphatic carbocycles. The van der Waals surface area contributed by atoms with Crippen molar-refractivity contribution in [1.82, 2.24) is 0 Å². The molecule has 0 fully saturated rings. The molecule has 0 aliphatic heterocycles. The van der Waals surface area contributed by atoms with E-state index in [2.05, 4.69) is 0 Å². The van der Waals surface area contributed by atoms with E-state index in [4.69, 9.17) is 10.5 Å². The lowest BCUT2D eigenvalue weighted by Gasteiger charge is -2.18. The Hall–Kier alpha value is -1.23. The van der Waals surface area contributed by atoms with Crippen LogP contribution < -0.4 is 10.5 Å². The normalized spacial score (nSPS) is 13.6. The first-order valence-corrected chi connectivity index (χ1v) is 4.87. The van der Waals surface area contributed by atoms with Crippen LogP contribution in [0.25, 0.3) is 0 Å². The van der Waals surface area contributed by atoms with Gasteiger partial charge in [-0.15, -0.1) is 0 Å². The molecule has 2 N–H and O–H groups in total. The van der Waals surface area contributed by atoms with E-state index in [0.717, 1.165) is 18.1 Å². The van der Waals surface area contributed by atoms with Crippen LogP contribution in [0.15, 0.2) is 18.2 Å². The number of alkyl halides is 3. The van der Waals surface area contributed by atoms with Gasteiger partial charge in [0.1, 0.15) is 5.75 Å². The minimum Gasteiger partial charge on any atom is -0.481 e. The maximum absolute atomic E-state index is 12.2. The number of hydrogen-bond donors (Lipinski definition) is 1. The van der Waals surface area contributed by atoms with Crippen molar-refractivity contribution >= 4 is 0 Å². The Morgan fingerprint density at radius 3 is 2.44 bits per heavy atom. The lowest BCUT2D eigenvalue weighted by molar-refractivity contribution is -0.189. The van der Waals surface area contributed by atoms with Crippen LogP contribution in [0, 0.1) is 6.92 Å². The van der Waals surface area contributed by atoms with Crippen LogP contribution in [0.4, 0.5) is 13.2 Å². The average Bonchev–Trinajstić information content (AvgIpc) is 2.16. The van der Waals surface area contributed by atoms with Crippen molar-refractivity contribution in [3.8, 4) is 5.75 Å². The summed E-state index contributed by atoms with van der Waals surface area (Å²) in [4.78, 5) is 0. The summed E-state index contributed by atoms with van der Waals surface area (Å²) in [6.45, 7) is 3.13. The zero-order valence-corrected chi connectivity index (χ0v) is 9.14. The van der Waals surface area contributed by atoms with E-state index in [9.17, 15) is 13.2 Å². The number of hydrogen-bond acceptors (Lipinski definition) is 2. The number of nitrogens with two attached hydrogens (primary N) is 1. The van der Waals surface area contributed by atoms with E-state index in [0.29, 0.717) is 6.54 Å². The van der Waals surface area contributed by atoms with Gasteiger partial charge >= 0.3 is 6.18 Å². The van der Waals surface area contributed by atoms with Crippen LogP contribution in [0.1, 0.15) is 18.1 Å². The van der Waals surface area contributed by atoms with Crippen LogP contribution in [-0.4, -0.2) is 12.3 Å². The Kier molecular flexibility index (Phi) is 3.80. The SMILES string of the molecule is Cc1cc(OC(C)C(F)(F)F)ccc1CN. The van der Waals surface area contributed by atoms with Gasteiger partial charge < -0.3 is 10.5 Å². The second-order valence-electron chi connectivity index (χ2n) is 3.59. The summed E-state index contributed by atoms with van der Waals surface area (Å²) in [7, 11) is 0.